The minimum absolute atomic E-state index is 0.0137. The summed E-state index contributed by atoms with van der Waals surface area (Å²) in [7, 11) is -3.08. The molecule has 1 fully saturated rings. The van der Waals surface area contributed by atoms with Gasteiger partial charge in [-0.25, -0.2) is 13.1 Å². The molecule has 4 nitrogen and oxygen atoms in total. The van der Waals surface area contributed by atoms with Gasteiger partial charge in [0.05, 0.1) is 6.26 Å². The lowest BCUT2D eigenvalue weighted by Crippen LogP contribution is -2.44. The summed E-state index contributed by atoms with van der Waals surface area (Å²) in [5.74, 6) is 0.0641. The molecule has 11 heavy (non-hydrogen) atoms. The molecule has 0 spiro atoms. The van der Waals surface area contributed by atoms with E-state index in [4.69, 9.17) is 0 Å². The summed E-state index contributed by atoms with van der Waals surface area (Å²) < 4.78 is 23.7. The molecule has 0 aromatic carbocycles. The maximum absolute atomic E-state index is 10.6. The van der Waals surface area contributed by atoms with E-state index in [0.717, 1.165) is 12.5 Å². The van der Waals surface area contributed by atoms with Gasteiger partial charge in [0.2, 0.25) is 10.0 Å². The number of sulfonamides is 1. The highest BCUT2D eigenvalue weighted by Crippen LogP contribution is 2.25. The Morgan fingerprint density at radius 3 is 2.36 bits per heavy atom. The van der Waals surface area contributed by atoms with Gasteiger partial charge in [-0.3, -0.25) is 0 Å². The third-order valence-electron chi connectivity index (χ3n) is 1.75. The van der Waals surface area contributed by atoms with E-state index in [-0.39, 0.29) is 12.0 Å². The molecule has 5 heteroatoms. The van der Waals surface area contributed by atoms with Crippen LogP contribution in [0.1, 0.15) is 12.8 Å². The molecule has 0 bridgehead atoms. The maximum Gasteiger partial charge on any atom is 0.208 e. The van der Waals surface area contributed by atoms with Crippen LogP contribution >= 0.6 is 0 Å². The molecule has 0 atom stereocenters. The summed E-state index contributed by atoms with van der Waals surface area (Å²) in [5.41, 5.74) is 0. The maximum atomic E-state index is 10.6. The van der Waals surface area contributed by atoms with Gasteiger partial charge in [0.15, 0.2) is 0 Å². The van der Waals surface area contributed by atoms with E-state index in [1.165, 1.54) is 0 Å². The van der Waals surface area contributed by atoms with Gasteiger partial charge < -0.3 is 4.79 Å². The Kier molecular flexibility index (Phi) is 2.29. The van der Waals surface area contributed by atoms with Gasteiger partial charge in [0, 0.05) is 12.0 Å². The largest absolute Gasteiger partial charge is 0.303 e. The van der Waals surface area contributed by atoms with Crippen LogP contribution in [0.2, 0.25) is 0 Å². The fourth-order valence-corrected chi connectivity index (χ4v) is 1.97. The first-order valence-electron chi connectivity index (χ1n) is 3.44. The average molecular weight is 177 g/mol. The summed E-state index contributed by atoms with van der Waals surface area (Å²) in [4.78, 5) is 10.1. The fourth-order valence-electron chi connectivity index (χ4n) is 1.17. The van der Waals surface area contributed by atoms with Crippen molar-refractivity contribution in [3.63, 3.8) is 0 Å². The van der Waals surface area contributed by atoms with Crippen molar-refractivity contribution in [3.8, 4) is 0 Å². The van der Waals surface area contributed by atoms with Crippen LogP contribution in [0, 0.1) is 5.92 Å². The molecule has 0 heterocycles. The lowest BCUT2D eigenvalue weighted by Gasteiger charge is -2.31. The van der Waals surface area contributed by atoms with Crippen molar-refractivity contribution in [1.29, 1.82) is 0 Å². The van der Waals surface area contributed by atoms with Crippen LogP contribution in [0.25, 0.3) is 0 Å². The smallest absolute Gasteiger partial charge is 0.208 e. The Bertz CT molecular complexity index is 241. The van der Waals surface area contributed by atoms with Gasteiger partial charge in [0.25, 0.3) is 0 Å². The van der Waals surface area contributed by atoms with Gasteiger partial charge in [-0.05, 0) is 12.8 Å². The third kappa shape index (κ3) is 2.59. The van der Waals surface area contributed by atoms with Crippen molar-refractivity contribution in [3.05, 3.63) is 0 Å². The van der Waals surface area contributed by atoms with E-state index in [1.807, 2.05) is 0 Å². The summed E-state index contributed by atoms with van der Waals surface area (Å²) in [6.07, 6.45) is 3.30. The van der Waals surface area contributed by atoms with Gasteiger partial charge in [0.1, 0.15) is 6.29 Å². The molecule has 1 aliphatic carbocycles. The average Bonchev–Trinajstić information content (AvgIpc) is 1.75. The zero-order valence-corrected chi connectivity index (χ0v) is 7.10. The molecule has 0 aromatic rings. The van der Waals surface area contributed by atoms with Crippen LogP contribution in [-0.2, 0) is 14.8 Å². The molecule has 0 unspecified atom stereocenters. The van der Waals surface area contributed by atoms with Gasteiger partial charge in [-0.1, -0.05) is 0 Å². The summed E-state index contributed by atoms with van der Waals surface area (Å²) in [5, 5.41) is 0. The lowest BCUT2D eigenvalue weighted by atomic mass is 9.82. The Morgan fingerprint density at radius 1 is 1.45 bits per heavy atom. The Labute approximate surface area is 66.0 Å². The molecule has 0 amide bonds. The zero-order chi connectivity index (χ0) is 8.48. The first-order valence-corrected chi connectivity index (χ1v) is 5.33. The molecule has 0 saturated heterocycles. The van der Waals surface area contributed by atoms with Crippen molar-refractivity contribution in [1.82, 2.24) is 4.72 Å². The molecule has 1 N–H and O–H groups in total. The second-order valence-corrected chi connectivity index (χ2v) is 4.73. The summed E-state index contributed by atoms with van der Waals surface area (Å²) >= 11 is 0. The Hall–Kier alpha value is -0.420. The standard InChI is InChI=1S/C6H11NO3S/c1-11(9,10)7-6-2-5(3-6)4-8/h4-7H,2-3H2,1H3/t5-,6-. The molecule has 0 aliphatic heterocycles. The number of hydrogen-bond acceptors (Lipinski definition) is 3. The molecular formula is C6H11NO3S. The minimum Gasteiger partial charge on any atom is -0.303 e. The highest BCUT2D eigenvalue weighted by Gasteiger charge is 2.30. The molecule has 1 aliphatic rings. The van der Waals surface area contributed by atoms with E-state index < -0.39 is 10.0 Å². The molecule has 0 radical (unpaired) electrons. The normalized spacial score (nSPS) is 31.0. The van der Waals surface area contributed by atoms with E-state index in [0.29, 0.717) is 12.8 Å². The Balaban J connectivity index is 2.29. The first kappa shape index (κ1) is 8.67. The van der Waals surface area contributed by atoms with Gasteiger partial charge in [-0.15, -0.1) is 0 Å². The fraction of sp³-hybridized carbons (Fsp3) is 0.833. The number of hydrogen-bond donors (Lipinski definition) is 1. The quantitative estimate of drug-likeness (QED) is 0.592. The molecule has 0 aromatic heterocycles. The molecule has 64 valence electrons. The van der Waals surface area contributed by atoms with E-state index >= 15 is 0 Å². The third-order valence-corrected chi connectivity index (χ3v) is 2.51. The van der Waals surface area contributed by atoms with Crippen LogP contribution in [0.4, 0.5) is 0 Å². The van der Waals surface area contributed by atoms with Crippen molar-refractivity contribution in [2.24, 2.45) is 5.92 Å². The van der Waals surface area contributed by atoms with Crippen LogP contribution in [0.5, 0.6) is 0 Å². The number of carbonyl (C=O) groups excluding carboxylic acids is 1. The summed E-state index contributed by atoms with van der Waals surface area (Å²) in [6.45, 7) is 0. The highest BCUT2D eigenvalue weighted by atomic mass is 32.2. The van der Waals surface area contributed by atoms with Crippen LogP contribution in [-0.4, -0.2) is 27.0 Å². The molecule has 1 rings (SSSR count). The summed E-state index contributed by atoms with van der Waals surface area (Å²) in [6, 6.07) is -0.0137. The van der Waals surface area contributed by atoms with Crippen LogP contribution < -0.4 is 4.72 Å². The van der Waals surface area contributed by atoms with E-state index in [9.17, 15) is 13.2 Å². The van der Waals surface area contributed by atoms with Crippen LogP contribution in [0.15, 0.2) is 0 Å². The molecular weight excluding hydrogens is 166 g/mol. The van der Waals surface area contributed by atoms with Crippen molar-refractivity contribution < 1.29 is 13.2 Å². The number of nitrogens with one attached hydrogen (secondary N) is 1. The van der Waals surface area contributed by atoms with Gasteiger partial charge >= 0.3 is 0 Å². The van der Waals surface area contributed by atoms with Crippen molar-refractivity contribution >= 4 is 16.3 Å². The van der Waals surface area contributed by atoms with Crippen molar-refractivity contribution in [2.45, 2.75) is 18.9 Å². The molecule has 1 saturated carbocycles. The lowest BCUT2D eigenvalue weighted by molar-refractivity contribution is -0.113. The monoisotopic (exact) mass is 177 g/mol. The second-order valence-electron chi connectivity index (χ2n) is 2.95. The van der Waals surface area contributed by atoms with Gasteiger partial charge in [-0.2, -0.15) is 0 Å². The van der Waals surface area contributed by atoms with Crippen molar-refractivity contribution in [2.75, 3.05) is 6.26 Å². The van der Waals surface area contributed by atoms with Crippen LogP contribution in [0.3, 0.4) is 0 Å². The number of carbonyl (C=O) groups is 1. The zero-order valence-electron chi connectivity index (χ0n) is 6.28. The predicted molar refractivity (Wildman–Crippen MR) is 40.6 cm³/mol. The predicted octanol–water partition coefficient (Wildman–Crippen LogP) is -0.487. The topological polar surface area (TPSA) is 63.2 Å². The van der Waals surface area contributed by atoms with E-state index in [1.54, 1.807) is 0 Å². The SMILES string of the molecule is CS(=O)(=O)N[C@H]1C[C@H](C=O)C1. The number of rotatable bonds is 3. The first-order chi connectivity index (χ1) is 5.01. The highest BCUT2D eigenvalue weighted by molar-refractivity contribution is 7.88. The van der Waals surface area contributed by atoms with E-state index in [2.05, 4.69) is 4.72 Å². The Morgan fingerprint density at radius 2 is 2.00 bits per heavy atom. The number of aldehydes is 1. The second kappa shape index (κ2) is 2.91. The minimum atomic E-state index is -3.08.